The summed E-state index contributed by atoms with van der Waals surface area (Å²) >= 11 is 6.13. The Kier molecular flexibility index (Phi) is 4.98. The van der Waals surface area contributed by atoms with Crippen LogP contribution in [0.4, 0.5) is 4.39 Å². The van der Waals surface area contributed by atoms with E-state index in [0.717, 1.165) is 31.7 Å². The van der Waals surface area contributed by atoms with Gasteiger partial charge in [0.15, 0.2) is 0 Å². The van der Waals surface area contributed by atoms with E-state index in [9.17, 15) is 4.39 Å². The lowest BCUT2D eigenvalue weighted by Crippen LogP contribution is -2.50. The largest absolute Gasteiger partial charge is 0.314 e. The van der Waals surface area contributed by atoms with Gasteiger partial charge in [0.1, 0.15) is 5.82 Å². The van der Waals surface area contributed by atoms with Crippen LogP contribution in [0.15, 0.2) is 18.2 Å². The molecule has 0 bridgehead atoms. The Balaban J connectivity index is 2.08. The van der Waals surface area contributed by atoms with Gasteiger partial charge in [0, 0.05) is 37.2 Å². The van der Waals surface area contributed by atoms with Gasteiger partial charge in [0.2, 0.25) is 0 Å². The molecule has 1 unspecified atom stereocenters. The lowest BCUT2D eigenvalue weighted by atomic mass is 10.1. The molecule has 1 N–H and O–H groups in total. The number of rotatable bonds is 4. The van der Waals surface area contributed by atoms with Crippen molar-refractivity contribution in [3.63, 3.8) is 0 Å². The van der Waals surface area contributed by atoms with Crippen LogP contribution in [-0.4, -0.2) is 30.6 Å². The average Bonchev–Trinajstić information content (AvgIpc) is 2.36. The maximum atomic E-state index is 13.3. The number of hydrogen-bond acceptors (Lipinski definition) is 2. The molecule has 1 aromatic rings. The Hall–Kier alpha value is -0.640. The van der Waals surface area contributed by atoms with E-state index in [1.807, 2.05) is 0 Å². The molecule has 0 radical (unpaired) electrons. The standard InChI is InChI=1S/C14H20ClFN2/c1-2-3-13-9-17-6-7-18(13)10-11-8-12(16)4-5-14(11)15/h4-5,8,13,17H,2-3,6-7,9-10H2,1H3. The lowest BCUT2D eigenvalue weighted by molar-refractivity contribution is 0.144. The normalized spacial score (nSPS) is 21.2. The maximum absolute atomic E-state index is 13.3. The Labute approximate surface area is 113 Å². The van der Waals surface area contributed by atoms with Crippen molar-refractivity contribution in [2.45, 2.75) is 32.4 Å². The smallest absolute Gasteiger partial charge is 0.123 e. The summed E-state index contributed by atoms with van der Waals surface area (Å²) in [6.45, 7) is 5.94. The number of piperazine rings is 1. The minimum absolute atomic E-state index is 0.212. The van der Waals surface area contributed by atoms with Crippen LogP contribution < -0.4 is 5.32 Å². The molecule has 1 fully saturated rings. The van der Waals surface area contributed by atoms with E-state index in [0.29, 0.717) is 11.1 Å². The molecule has 2 nitrogen and oxygen atoms in total. The molecule has 2 rings (SSSR count). The molecule has 0 aromatic heterocycles. The van der Waals surface area contributed by atoms with Gasteiger partial charge in [-0.25, -0.2) is 4.39 Å². The van der Waals surface area contributed by atoms with E-state index in [1.54, 1.807) is 12.1 Å². The highest BCUT2D eigenvalue weighted by atomic mass is 35.5. The minimum Gasteiger partial charge on any atom is -0.314 e. The fourth-order valence-electron chi connectivity index (χ4n) is 2.51. The molecule has 1 aromatic carbocycles. The van der Waals surface area contributed by atoms with E-state index in [1.165, 1.54) is 18.9 Å². The first-order chi connectivity index (χ1) is 8.70. The third-order valence-corrected chi connectivity index (χ3v) is 3.84. The van der Waals surface area contributed by atoms with E-state index in [-0.39, 0.29) is 5.82 Å². The molecule has 0 aliphatic carbocycles. The van der Waals surface area contributed by atoms with Crippen molar-refractivity contribution in [2.75, 3.05) is 19.6 Å². The first-order valence-corrected chi connectivity index (χ1v) is 6.97. The summed E-state index contributed by atoms with van der Waals surface area (Å²) < 4.78 is 13.3. The molecule has 4 heteroatoms. The zero-order valence-electron chi connectivity index (χ0n) is 10.8. The Morgan fingerprint density at radius 1 is 1.50 bits per heavy atom. The van der Waals surface area contributed by atoms with Gasteiger partial charge in [0.05, 0.1) is 0 Å². The minimum atomic E-state index is -0.212. The van der Waals surface area contributed by atoms with Crippen molar-refractivity contribution in [3.8, 4) is 0 Å². The van der Waals surface area contributed by atoms with Gasteiger partial charge in [-0.2, -0.15) is 0 Å². The first-order valence-electron chi connectivity index (χ1n) is 6.59. The number of benzene rings is 1. The molecule has 0 saturated carbocycles. The summed E-state index contributed by atoms with van der Waals surface area (Å²) in [5.74, 6) is -0.212. The van der Waals surface area contributed by atoms with Crippen LogP contribution in [0.5, 0.6) is 0 Å². The summed E-state index contributed by atoms with van der Waals surface area (Å²) in [5, 5.41) is 4.07. The van der Waals surface area contributed by atoms with Crippen LogP contribution in [-0.2, 0) is 6.54 Å². The highest BCUT2D eigenvalue weighted by Crippen LogP contribution is 2.21. The van der Waals surface area contributed by atoms with Crippen molar-refractivity contribution < 1.29 is 4.39 Å². The van der Waals surface area contributed by atoms with Crippen LogP contribution in [0.2, 0.25) is 5.02 Å². The van der Waals surface area contributed by atoms with Crippen molar-refractivity contribution in [1.29, 1.82) is 0 Å². The number of hydrogen-bond donors (Lipinski definition) is 1. The number of nitrogens with zero attached hydrogens (tertiary/aromatic N) is 1. The summed E-state index contributed by atoms with van der Waals surface area (Å²) in [6, 6.07) is 5.13. The zero-order valence-corrected chi connectivity index (χ0v) is 11.5. The van der Waals surface area contributed by atoms with Crippen molar-refractivity contribution in [3.05, 3.63) is 34.6 Å². The molecule has 0 amide bonds. The molecule has 18 heavy (non-hydrogen) atoms. The zero-order chi connectivity index (χ0) is 13.0. The van der Waals surface area contributed by atoms with Crippen LogP contribution in [0.1, 0.15) is 25.3 Å². The second-order valence-corrected chi connectivity index (χ2v) is 5.26. The van der Waals surface area contributed by atoms with E-state index in [2.05, 4.69) is 17.1 Å². The fraction of sp³-hybridized carbons (Fsp3) is 0.571. The van der Waals surface area contributed by atoms with E-state index in [4.69, 9.17) is 11.6 Å². The molecule has 1 saturated heterocycles. The second kappa shape index (κ2) is 6.50. The van der Waals surface area contributed by atoms with Crippen LogP contribution >= 0.6 is 11.6 Å². The third-order valence-electron chi connectivity index (χ3n) is 3.48. The fourth-order valence-corrected chi connectivity index (χ4v) is 2.69. The Morgan fingerprint density at radius 2 is 2.33 bits per heavy atom. The lowest BCUT2D eigenvalue weighted by Gasteiger charge is -2.36. The monoisotopic (exact) mass is 270 g/mol. The molecule has 1 heterocycles. The average molecular weight is 271 g/mol. The van der Waals surface area contributed by atoms with Gasteiger partial charge in [-0.1, -0.05) is 24.9 Å². The molecule has 0 spiro atoms. The summed E-state index contributed by atoms with van der Waals surface area (Å²) in [5.41, 5.74) is 0.889. The van der Waals surface area contributed by atoms with Gasteiger partial charge in [-0.3, -0.25) is 4.90 Å². The molecule has 100 valence electrons. The van der Waals surface area contributed by atoms with Gasteiger partial charge in [-0.05, 0) is 30.2 Å². The molecule has 1 atom stereocenters. The van der Waals surface area contributed by atoms with Crippen LogP contribution in [0.25, 0.3) is 0 Å². The van der Waals surface area contributed by atoms with E-state index >= 15 is 0 Å². The van der Waals surface area contributed by atoms with E-state index < -0.39 is 0 Å². The SMILES string of the molecule is CCCC1CNCCN1Cc1cc(F)ccc1Cl. The highest BCUT2D eigenvalue weighted by molar-refractivity contribution is 6.31. The Morgan fingerprint density at radius 3 is 3.11 bits per heavy atom. The summed E-state index contributed by atoms with van der Waals surface area (Å²) in [6.07, 6.45) is 2.33. The first kappa shape index (κ1) is 13.8. The number of nitrogens with one attached hydrogen (secondary N) is 1. The molecular formula is C14H20ClFN2. The van der Waals surface area contributed by atoms with Crippen molar-refractivity contribution >= 4 is 11.6 Å². The molecule has 1 aliphatic heterocycles. The quantitative estimate of drug-likeness (QED) is 0.905. The van der Waals surface area contributed by atoms with Gasteiger partial charge in [-0.15, -0.1) is 0 Å². The predicted molar refractivity (Wildman–Crippen MR) is 73.4 cm³/mol. The van der Waals surface area contributed by atoms with Crippen LogP contribution in [0, 0.1) is 5.82 Å². The van der Waals surface area contributed by atoms with Gasteiger partial charge >= 0.3 is 0 Å². The maximum Gasteiger partial charge on any atom is 0.123 e. The predicted octanol–water partition coefficient (Wildman–Crippen LogP) is 3.05. The van der Waals surface area contributed by atoms with Crippen LogP contribution in [0.3, 0.4) is 0 Å². The van der Waals surface area contributed by atoms with Gasteiger partial charge in [0.25, 0.3) is 0 Å². The second-order valence-electron chi connectivity index (χ2n) is 4.85. The topological polar surface area (TPSA) is 15.3 Å². The highest BCUT2D eigenvalue weighted by Gasteiger charge is 2.22. The Bertz CT molecular complexity index is 395. The molecule has 1 aliphatic rings. The van der Waals surface area contributed by atoms with Crippen molar-refractivity contribution in [2.24, 2.45) is 0 Å². The summed E-state index contributed by atoms with van der Waals surface area (Å²) in [7, 11) is 0. The van der Waals surface area contributed by atoms with Gasteiger partial charge < -0.3 is 5.32 Å². The number of halogens is 2. The summed E-state index contributed by atoms with van der Waals surface area (Å²) in [4.78, 5) is 2.40. The van der Waals surface area contributed by atoms with Crippen molar-refractivity contribution in [1.82, 2.24) is 10.2 Å². The third kappa shape index (κ3) is 3.44. The molecular weight excluding hydrogens is 251 g/mol.